The molecule has 2 amide bonds. The number of ether oxygens (including phenoxy) is 2. The van der Waals surface area contributed by atoms with E-state index in [1.165, 1.54) is 6.07 Å². The molecule has 2 fully saturated rings. The van der Waals surface area contributed by atoms with Crippen LogP contribution in [0.5, 0.6) is 0 Å². The van der Waals surface area contributed by atoms with Crippen molar-refractivity contribution in [3.8, 4) is 0 Å². The zero-order valence-electron chi connectivity index (χ0n) is 13.7. The number of morpholine rings is 1. The monoisotopic (exact) mass is 351 g/mol. The van der Waals surface area contributed by atoms with Crippen LogP contribution in [0.1, 0.15) is 5.56 Å². The molecule has 0 aliphatic carbocycles. The van der Waals surface area contributed by atoms with Gasteiger partial charge in [0.15, 0.2) is 11.6 Å². The van der Waals surface area contributed by atoms with Crippen LogP contribution in [-0.4, -0.2) is 61.5 Å². The Bertz CT molecular complexity index is 696. The number of aliphatic imine (C=N–C) groups is 1. The van der Waals surface area contributed by atoms with Crippen LogP contribution in [0.3, 0.4) is 0 Å². The number of urea groups is 1. The highest BCUT2D eigenvalue weighted by Gasteiger charge is 2.38. The van der Waals surface area contributed by atoms with E-state index in [1.807, 2.05) is 0 Å². The van der Waals surface area contributed by atoms with Gasteiger partial charge in [-0.3, -0.25) is 4.90 Å². The second kappa shape index (κ2) is 7.71. The highest BCUT2D eigenvalue weighted by atomic mass is 19.2. The lowest BCUT2D eigenvalue weighted by Crippen LogP contribution is -2.41. The second-order valence-electron chi connectivity index (χ2n) is 5.80. The van der Waals surface area contributed by atoms with Gasteiger partial charge in [-0.1, -0.05) is 6.07 Å². The Morgan fingerprint density at radius 1 is 1.44 bits per heavy atom. The van der Waals surface area contributed by atoms with Crippen LogP contribution >= 0.6 is 0 Å². The molecule has 0 spiro atoms. The minimum Gasteiger partial charge on any atom is -0.377 e. The van der Waals surface area contributed by atoms with Gasteiger partial charge in [0, 0.05) is 6.54 Å². The molecule has 1 aromatic rings. The summed E-state index contributed by atoms with van der Waals surface area (Å²) in [6.07, 6.45) is 1.79. The van der Waals surface area contributed by atoms with E-state index in [1.54, 1.807) is 11.0 Å². The fraction of sp³-hybridized carbons (Fsp3) is 0.412. The van der Waals surface area contributed by atoms with Crippen LogP contribution in [-0.2, 0) is 16.1 Å². The molecule has 1 aromatic carbocycles. The minimum atomic E-state index is -0.903. The van der Waals surface area contributed by atoms with Crippen molar-refractivity contribution in [2.45, 2.75) is 12.6 Å². The van der Waals surface area contributed by atoms with Crippen molar-refractivity contribution in [1.82, 2.24) is 9.80 Å². The maximum Gasteiger partial charge on any atom is 0.348 e. The van der Waals surface area contributed by atoms with Crippen molar-refractivity contribution in [3.05, 3.63) is 47.3 Å². The lowest BCUT2D eigenvalue weighted by atomic mass is 10.2. The summed E-state index contributed by atoms with van der Waals surface area (Å²) in [6, 6.07) is 3.32. The Balaban J connectivity index is 1.63. The molecule has 25 heavy (non-hydrogen) atoms. The van der Waals surface area contributed by atoms with E-state index in [4.69, 9.17) is 9.47 Å². The van der Waals surface area contributed by atoms with Gasteiger partial charge >= 0.3 is 6.03 Å². The molecule has 0 bridgehead atoms. The Kier molecular flexibility index (Phi) is 5.40. The number of nitrogens with zero attached hydrogens (tertiary/aromatic N) is 3. The number of hydrogen-bond donors (Lipinski definition) is 0. The number of carbonyl (C=O) groups excluding carboxylic acids is 1. The number of carbonyl (C=O) groups is 1. The van der Waals surface area contributed by atoms with E-state index in [2.05, 4.69) is 16.6 Å². The Morgan fingerprint density at radius 2 is 2.28 bits per heavy atom. The van der Waals surface area contributed by atoms with Crippen molar-refractivity contribution in [3.63, 3.8) is 0 Å². The minimum absolute atomic E-state index is 0.0943. The molecular weight excluding hydrogens is 332 g/mol. The molecule has 0 N–H and O–H groups in total. The van der Waals surface area contributed by atoms with Crippen molar-refractivity contribution >= 4 is 12.7 Å². The molecule has 0 radical (unpaired) electrons. The van der Waals surface area contributed by atoms with Gasteiger partial charge in [0.05, 0.1) is 39.0 Å². The Morgan fingerprint density at radius 3 is 3.04 bits per heavy atom. The molecule has 2 heterocycles. The Hall–Kier alpha value is -2.32. The van der Waals surface area contributed by atoms with Crippen LogP contribution in [0.2, 0.25) is 0 Å². The zero-order chi connectivity index (χ0) is 17.8. The summed E-state index contributed by atoms with van der Waals surface area (Å²) in [5.41, 5.74) is 0.536. The summed E-state index contributed by atoms with van der Waals surface area (Å²) < 4.78 is 37.0. The first-order chi connectivity index (χ1) is 12.1. The lowest BCUT2D eigenvalue weighted by molar-refractivity contribution is 0.0264. The molecule has 3 rings (SSSR count). The molecule has 2 saturated heterocycles. The molecule has 1 unspecified atom stereocenters. The second-order valence-corrected chi connectivity index (χ2v) is 5.80. The van der Waals surface area contributed by atoms with Crippen molar-refractivity contribution in [1.29, 1.82) is 0 Å². The van der Waals surface area contributed by atoms with Crippen molar-refractivity contribution in [2.75, 3.05) is 32.9 Å². The van der Waals surface area contributed by atoms with Crippen LogP contribution in [0.15, 0.2) is 35.1 Å². The van der Waals surface area contributed by atoms with Crippen LogP contribution < -0.4 is 0 Å². The number of amides is 2. The highest BCUT2D eigenvalue weighted by Crippen LogP contribution is 2.27. The van der Waals surface area contributed by atoms with Gasteiger partial charge in [-0.05, 0) is 30.5 Å². The van der Waals surface area contributed by atoms with E-state index < -0.39 is 17.7 Å². The smallest absolute Gasteiger partial charge is 0.348 e. The summed E-state index contributed by atoms with van der Waals surface area (Å²) in [7, 11) is 0. The van der Waals surface area contributed by atoms with E-state index in [9.17, 15) is 13.6 Å². The van der Waals surface area contributed by atoms with Crippen LogP contribution in [0.4, 0.5) is 13.6 Å². The standard InChI is InChI=1S/C17H19F2N3O3/c1-20-17(23)22-9-13-11-25-7-5-21(13)16(22)4-6-24-10-12-2-3-14(18)15(19)8-12/h2-4,8,13H,1,5-7,9-11H2/b16-4-. The molecule has 6 nitrogen and oxygen atoms in total. The van der Waals surface area contributed by atoms with E-state index >= 15 is 0 Å². The number of benzene rings is 1. The molecule has 0 aromatic heterocycles. The van der Waals surface area contributed by atoms with Gasteiger partial charge in [-0.15, -0.1) is 0 Å². The summed E-state index contributed by atoms with van der Waals surface area (Å²) >= 11 is 0. The van der Waals surface area contributed by atoms with Gasteiger partial charge in [-0.2, -0.15) is 0 Å². The van der Waals surface area contributed by atoms with E-state index in [-0.39, 0.29) is 19.3 Å². The predicted octanol–water partition coefficient (Wildman–Crippen LogP) is 2.16. The fourth-order valence-electron chi connectivity index (χ4n) is 3.00. The largest absolute Gasteiger partial charge is 0.377 e. The zero-order valence-corrected chi connectivity index (χ0v) is 13.7. The third-order valence-corrected chi connectivity index (χ3v) is 4.19. The molecular formula is C17H19F2N3O3. The molecule has 0 saturated carbocycles. The first-order valence-electron chi connectivity index (χ1n) is 7.94. The van der Waals surface area contributed by atoms with Gasteiger partial charge in [0.1, 0.15) is 5.82 Å². The summed E-state index contributed by atoms with van der Waals surface area (Å²) in [5, 5.41) is 0. The molecule has 8 heteroatoms. The van der Waals surface area contributed by atoms with Gasteiger partial charge < -0.3 is 14.4 Å². The Labute approximate surface area is 144 Å². The van der Waals surface area contributed by atoms with Crippen LogP contribution in [0.25, 0.3) is 0 Å². The van der Waals surface area contributed by atoms with Gasteiger partial charge in [0.2, 0.25) is 0 Å². The van der Waals surface area contributed by atoms with Crippen molar-refractivity contribution in [2.24, 2.45) is 4.99 Å². The first-order valence-corrected chi connectivity index (χ1v) is 7.94. The number of hydrogen-bond acceptors (Lipinski definition) is 4. The molecule has 2 aliphatic heterocycles. The molecule has 134 valence electrons. The summed E-state index contributed by atoms with van der Waals surface area (Å²) in [6.45, 7) is 5.97. The van der Waals surface area contributed by atoms with E-state index in [0.29, 0.717) is 31.9 Å². The average Bonchev–Trinajstić information content (AvgIpc) is 2.99. The molecule has 2 aliphatic rings. The normalized spacial score (nSPS) is 21.5. The average molecular weight is 351 g/mol. The predicted molar refractivity (Wildman–Crippen MR) is 87.1 cm³/mol. The number of rotatable bonds is 4. The van der Waals surface area contributed by atoms with Gasteiger partial charge in [-0.25, -0.2) is 18.6 Å². The summed E-state index contributed by atoms with van der Waals surface area (Å²) in [5.74, 6) is -1.07. The third-order valence-electron chi connectivity index (χ3n) is 4.19. The first kappa shape index (κ1) is 17.5. The SMILES string of the molecule is C=NC(=O)N1CC2COCCN2/C1=C/COCc1ccc(F)c(F)c1. The van der Waals surface area contributed by atoms with Crippen LogP contribution in [0, 0.1) is 11.6 Å². The van der Waals surface area contributed by atoms with Crippen molar-refractivity contribution < 1.29 is 23.0 Å². The number of halogens is 2. The maximum atomic E-state index is 13.2. The molecule has 1 atom stereocenters. The number of fused-ring (bicyclic) bond motifs is 1. The quantitative estimate of drug-likeness (QED) is 0.616. The third kappa shape index (κ3) is 3.85. The lowest BCUT2D eigenvalue weighted by Gasteiger charge is -2.30. The van der Waals surface area contributed by atoms with Gasteiger partial charge in [0.25, 0.3) is 0 Å². The highest BCUT2D eigenvalue weighted by molar-refractivity contribution is 5.81. The topological polar surface area (TPSA) is 54.4 Å². The van der Waals surface area contributed by atoms with E-state index in [0.717, 1.165) is 18.0 Å². The fourth-order valence-corrected chi connectivity index (χ4v) is 3.00. The summed E-state index contributed by atoms with van der Waals surface area (Å²) in [4.78, 5) is 19.1. The maximum absolute atomic E-state index is 13.2.